The smallest absolute Gasteiger partial charge is 0.0270 e. The molecule has 0 aromatic carbocycles. The van der Waals surface area contributed by atoms with E-state index in [1.165, 1.54) is 5.56 Å². The first-order valence-electron chi connectivity index (χ1n) is 7.47. The van der Waals surface area contributed by atoms with E-state index in [2.05, 4.69) is 64.0 Å². The topological polar surface area (TPSA) is 24.9 Å². The highest BCUT2D eigenvalue weighted by atomic mass is 15.0. The van der Waals surface area contributed by atoms with Gasteiger partial charge in [-0.3, -0.25) is 4.98 Å². The first kappa shape index (κ1) is 14.5. The van der Waals surface area contributed by atoms with E-state index in [-0.39, 0.29) is 0 Å². The molecule has 2 unspecified atom stereocenters. The van der Waals surface area contributed by atoms with Gasteiger partial charge in [0, 0.05) is 18.4 Å². The minimum atomic E-state index is 0.418. The van der Waals surface area contributed by atoms with Crippen LogP contribution in [0.15, 0.2) is 24.5 Å². The lowest BCUT2D eigenvalue weighted by Gasteiger charge is -2.27. The van der Waals surface area contributed by atoms with E-state index in [1.54, 1.807) is 0 Å². The van der Waals surface area contributed by atoms with Gasteiger partial charge in [0.05, 0.1) is 0 Å². The number of nitrogens with zero attached hydrogens (tertiary/aromatic N) is 1. The maximum atomic E-state index is 4.13. The van der Waals surface area contributed by atoms with Crippen molar-refractivity contribution in [2.24, 2.45) is 16.7 Å². The van der Waals surface area contributed by atoms with E-state index in [0.717, 1.165) is 12.5 Å². The van der Waals surface area contributed by atoms with Crippen LogP contribution in [0.2, 0.25) is 0 Å². The second-order valence-electron chi connectivity index (χ2n) is 7.07. The zero-order valence-corrected chi connectivity index (χ0v) is 13.2. The Balaban J connectivity index is 2.23. The van der Waals surface area contributed by atoms with Crippen LogP contribution in [-0.4, -0.2) is 17.6 Å². The van der Waals surface area contributed by atoms with Gasteiger partial charge in [-0.15, -0.1) is 0 Å². The lowest BCUT2D eigenvalue weighted by Crippen LogP contribution is -2.37. The predicted molar refractivity (Wildman–Crippen MR) is 81.2 cm³/mol. The molecule has 0 spiro atoms. The molecule has 2 heteroatoms. The molecule has 1 N–H and O–H groups in total. The molecule has 19 heavy (non-hydrogen) atoms. The van der Waals surface area contributed by atoms with Crippen LogP contribution in [0, 0.1) is 16.7 Å². The zero-order chi connectivity index (χ0) is 14.3. The first-order chi connectivity index (χ1) is 8.84. The number of likely N-dealkylation sites (N-methyl/N-ethyl adjacent to an activating group) is 1. The highest BCUT2D eigenvalue weighted by Crippen LogP contribution is 2.70. The van der Waals surface area contributed by atoms with Gasteiger partial charge in [0.15, 0.2) is 0 Å². The van der Waals surface area contributed by atoms with Gasteiger partial charge < -0.3 is 5.32 Å². The Morgan fingerprint density at radius 1 is 1.16 bits per heavy atom. The van der Waals surface area contributed by atoms with E-state index in [0.29, 0.717) is 22.8 Å². The van der Waals surface area contributed by atoms with Crippen molar-refractivity contribution in [3.05, 3.63) is 30.1 Å². The van der Waals surface area contributed by atoms with Crippen molar-refractivity contribution in [2.45, 2.75) is 53.5 Å². The van der Waals surface area contributed by atoms with Crippen molar-refractivity contribution in [3.8, 4) is 0 Å². The summed E-state index contributed by atoms with van der Waals surface area (Å²) in [7, 11) is 0. The summed E-state index contributed by atoms with van der Waals surface area (Å²) >= 11 is 0. The molecule has 2 nitrogen and oxygen atoms in total. The Hall–Kier alpha value is -0.890. The van der Waals surface area contributed by atoms with Crippen LogP contribution in [0.4, 0.5) is 0 Å². The Bertz CT molecular complexity index is 408. The van der Waals surface area contributed by atoms with Crippen LogP contribution in [0.25, 0.3) is 0 Å². The van der Waals surface area contributed by atoms with Crippen LogP contribution in [0.5, 0.6) is 0 Å². The van der Waals surface area contributed by atoms with Crippen molar-refractivity contribution in [1.82, 2.24) is 10.3 Å². The summed E-state index contributed by atoms with van der Waals surface area (Å²) in [6.45, 7) is 15.2. The van der Waals surface area contributed by atoms with Gasteiger partial charge in [0.1, 0.15) is 0 Å². The summed E-state index contributed by atoms with van der Waals surface area (Å²) < 4.78 is 0. The molecule has 1 heterocycles. The summed E-state index contributed by atoms with van der Waals surface area (Å²) in [5.41, 5.74) is 2.22. The molecule has 0 aliphatic heterocycles. The summed E-state index contributed by atoms with van der Waals surface area (Å²) in [4.78, 5) is 4.13. The summed E-state index contributed by atoms with van der Waals surface area (Å²) in [5, 5.41) is 3.73. The molecule has 1 aromatic rings. The van der Waals surface area contributed by atoms with E-state index < -0.39 is 0 Å². The van der Waals surface area contributed by atoms with E-state index >= 15 is 0 Å². The molecule has 0 saturated heterocycles. The van der Waals surface area contributed by atoms with Gasteiger partial charge in [-0.1, -0.05) is 41.5 Å². The van der Waals surface area contributed by atoms with Crippen LogP contribution in [0.1, 0.15) is 53.0 Å². The van der Waals surface area contributed by atoms with E-state index in [1.807, 2.05) is 12.4 Å². The summed E-state index contributed by atoms with van der Waals surface area (Å²) in [5.74, 6) is 1.25. The number of hydrogen-bond donors (Lipinski definition) is 1. The normalized spacial score (nSPS) is 23.9. The molecular formula is C17H28N2. The number of rotatable bonds is 5. The minimum absolute atomic E-state index is 0.418. The van der Waals surface area contributed by atoms with Crippen LogP contribution in [-0.2, 0) is 0 Å². The maximum absolute atomic E-state index is 4.13. The highest BCUT2D eigenvalue weighted by Gasteiger charge is 2.67. The third-order valence-electron chi connectivity index (χ3n) is 5.70. The van der Waals surface area contributed by atoms with Crippen LogP contribution in [0.3, 0.4) is 0 Å². The largest absolute Gasteiger partial charge is 0.313 e. The highest BCUT2D eigenvalue weighted by molar-refractivity contribution is 5.24. The predicted octanol–water partition coefficient (Wildman–Crippen LogP) is 3.85. The van der Waals surface area contributed by atoms with Crippen molar-refractivity contribution >= 4 is 0 Å². The Morgan fingerprint density at radius 2 is 1.68 bits per heavy atom. The SMILES string of the molecule is CCNC(C(C)c1ccncc1)C1C(C)(C)C1(C)C. The Morgan fingerprint density at radius 3 is 2.11 bits per heavy atom. The molecule has 106 valence electrons. The fraction of sp³-hybridized carbons (Fsp3) is 0.706. The molecule has 0 radical (unpaired) electrons. The fourth-order valence-corrected chi connectivity index (χ4v) is 3.84. The standard InChI is InChI=1S/C17H28N2/c1-7-19-14(15-16(3,4)17(15,5)6)12(2)13-8-10-18-11-9-13/h8-12,14-15,19H,7H2,1-6H3. The van der Waals surface area contributed by atoms with Gasteiger partial charge in [0.2, 0.25) is 0 Å². The number of aromatic nitrogens is 1. The second kappa shape index (κ2) is 4.90. The maximum Gasteiger partial charge on any atom is 0.0270 e. The molecule has 1 fully saturated rings. The zero-order valence-electron chi connectivity index (χ0n) is 13.2. The quantitative estimate of drug-likeness (QED) is 0.870. The van der Waals surface area contributed by atoms with Gasteiger partial charge in [-0.05, 0) is 46.9 Å². The summed E-state index contributed by atoms with van der Waals surface area (Å²) in [6.07, 6.45) is 3.80. The number of pyridine rings is 1. The van der Waals surface area contributed by atoms with Crippen molar-refractivity contribution in [3.63, 3.8) is 0 Å². The Kier molecular flexibility index (Phi) is 3.74. The first-order valence-corrected chi connectivity index (χ1v) is 7.47. The molecular weight excluding hydrogens is 232 g/mol. The minimum Gasteiger partial charge on any atom is -0.313 e. The average Bonchev–Trinajstić information content (AvgIpc) is 2.78. The van der Waals surface area contributed by atoms with E-state index in [4.69, 9.17) is 0 Å². The third-order valence-corrected chi connectivity index (χ3v) is 5.70. The summed E-state index contributed by atoms with van der Waals surface area (Å²) in [6, 6.07) is 4.84. The number of nitrogens with one attached hydrogen (secondary N) is 1. The Labute approximate surface area is 118 Å². The van der Waals surface area contributed by atoms with Crippen molar-refractivity contribution < 1.29 is 0 Å². The lowest BCUT2D eigenvalue weighted by molar-refractivity contribution is 0.360. The van der Waals surface area contributed by atoms with Gasteiger partial charge in [0.25, 0.3) is 0 Å². The number of hydrogen-bond acceptors (Lipinski definition) is 2. The van der Waals surface area contributed by atoms with E-state index in [9.17, 15) is 0 Å². The average molecular weight is 260 g/mol. The molecule has 1 aliphatic rings. The van der Waals surface area contributed by atoms with Crippen LogP contribution >= 0.6 is 0 Å². The molecule has 0 amide bonds. The lowest BCUT2D eigenvalue weighted by atomic mass is 9.87. The van der Waals surface area contributed by atoms with Crippen molar-refractivity contribution in [2.75, 3.05) is 6.54 Å². The molecule has 1 aromatic heterocycles. The van der Waals surface area contributed by atoms with Crippen LogP contribution < -0.4 is 5.32 Å². The molecule has 1 aliphatic carbocycles. The van der Waals surface area contributed by atoms with Gasteiger partial charge in [-0.2, -0.15) is 0 Å². The molecule has 2 rings (SSSR count). The monoisotopic (exact) mass is 260 g/mol. The van der Waals surface area contributed by atoms with Gasteiger partial charge >= 0.3 is 0 Å². The molecule has 2 atom stereocenters. The molecule has 0 bridgehead atoms. The second-order valence-corrected chi connectivity index (χ2v) is 7.07. The van der Waals surface area contributed by atoms with Crippen molar-refractivity contribution in [1.29, 1.82) is 0 Å². The third kappa shape index (κ3) is 2.31. The fourth-order valence-electron chi connectivity index (χ4n) is 3.84. The van der Waals surface area contributed by atoms with Gasteiger partial charge in [-0.25, -0.2) is 0 Å². The molecule has 1 saturated carbocycles.